The highest BCUT2D eigenvalue weighted by Gasteiger charge is 2.11. The number of aromatic nitrogens is 3. The average molecular weight is 402 g/mol. The molecule has 0 fully saturated rings. The number of halogens is 1. The van der Waals surface area contributed by atoms with Crippen LogP contribution in [-0.2, 0) is 11.3 Å². The van der Waals surface area contributed by atoms with Gasteiger partial charge in [-0.1, -0.05) is 53.7 Å². The van der Waals surface area contributed by atoms with Gasteiger partial charge in [-0.15, -0.1) is 5.10 Å². The normalized spacial score (nSPS) is 10.6. The lowest BCUT2D eigenvalue weighted by Crippen LogP contribution is -2.25. The van der Waals surface area contributed by atoms with E-state index in [1.54, 1.807) is 18.2 Å². The molecule has 9 heteroatoms. The largest absolute Gasteiger partial charge is 0.545 e. The molecule has 0 aliphatic carbocycles. The number of rotatable bonds is 7. The number of H-pyrrole nitrogens is 1. The van der Waals surface area contributed by atoms with Crippen LogP contribution in [0.2, 0.25) is 5.02 Å². The number of nitrogens with one attached hydrogen (secondary N) is 2. The molecule has 0 radical (unpaired) electrons. The monoisotopic (exact) mass is 401 g/mol. The van der Waals surface area contributed by atoms with Crippen molar-refractivity contribution in [3.63, 3.8) is 0 Å². The van der Waals surface area contributed by atoms with Gasteiger partial charge in [-0.3, -0.25) is 9.89 Å². The molecule has 0 aliphatic heterocycles. The first-order valence-corrected chi connectivity index (χ1v) is 9.26. The second kappa shape index (κ2) is 8.70. The molecule has 0 unspecified atom stereocenters. The summed E-state index contributed by atoms with van der Waals surface area (Å²) in [6, 6.07) is 13.5. The lowest BCUT2D eigenvalue weighted by atomic mass is 10.1. The molecule has 1 amide bonds. The molecule has 3 aromatic rings. The van der Waals surface area contributed by atoms with Gasteiger partial charge in [-0.05, 0) is 29.3 Å². The minimum absolute atomic E-state index is 0.0731. The highest BCUT2D eigenvalue weighted by atomic mass is 35.5. The van der Waals surface area contributed by atoms with Crippen LogP contribution in [0.1, 0.15) is 15.9 Å². The minimum atomic E-state index is -1.25. The molecule has 7 nitrogen and oxygen atoms in total. The number of hydrogen-bond donors (Lipinski definition) is 2. The van der Waals surface area contributed by atoms with Gasteiger partial charge in [0.15, 0.2) is 5.82 Å². The summed E-state index contributed by atoms with van der Waals surface area (Å²) in [7, 11) is 0. The number of hydrogen-bond acceptors (Lipinski definition) is 6. The lowest BCUT2D eigenvalue weighted by molar-refractivity contribution is -0.255. The number of aromatic amines is 1. The molecule has 138 valence electrons. The second-order valence-corrected chi connectivity index (χ2v) is 6.85. The molecule has 0 saturated heterocycles. The van der Waals surface area contributed by atoms with E-state index in [2.05, 4.69) is 20.5 Å². The zero-order valence-corrected chi connectivity index (χ0v) is 15.5. The first-order valence-electron chi connectivity index (χ1n) is 7.90. The molecule has 3 rings (SSSR count). The molecule has 1 heterocycles. The maximum atomic E-state index is 12.0. The van der Waals surface area contributed by atoms with Crippen molar-refractivity contribution >= 4 is 35.2 Å². The molecule has 0 bridgehead atoms. The first kappa shape index (κ1) is 18.9. The van der Waals surface area contributed by atoms with E-state index in [1.165, 1.54) is 23.9 Å². The molecule has 27 heavy (non-hydrogen) atoms. The Hall–Kier alpha value is -2.84. The van der Waals surface area contributed by atoms with Crippen LogP contribution in [0.3, 0.4) is 0 Å². The highest BCUT2D eigenvalue weighted by Crippen LogP contribution is 2.25. The Morgan fingerprint density at radius 3 is 2.78 bits per heavy atom. The van der Waals surface area contributed by atoms with Crippen molar-refractivity contribution in [3.8, 4) is 11.4 Å². The van der Waals surface area contributed by atoms with Gasteiger partial charge >= 0.3 is 0 Å². The number of thioether (sulfide) groups is 1. The molecule has 1 aromatic heterocycles. The molecule has 2 N–H and O–H groups in total. The fraction of sp³-hybridized carbons (Fsp3) is 0.111. The number of carbonyl (C=O) groups is 2. The van der Waals surface area contributed by atoms with E-state index in [1.807, 2.05) is 18.2 Å². The summed E-state index contributed by atoms with van der Waals surface area (Å²) in [6.07, 6.45) is 0. The Morgan fingerprint density at radius 2 is 2.00 bits per heavy atom. The van der Waals surface area contributed by atoms with Crippen LogP contribution >= 0.6 is 23.4 Å². The van der Waals surface area contributed by atoms with Gasteiger partial charge in [0.1, 0.15) is 0 Å². The Bertz CT molecular complexity index is 977. The van der Waals surface area contributed by atoms with Crippen LogP contribution in [-0.4, -0.2) is 32.8 Å². The first-order chi connectivity index (χ1) is 13.0. The van der Waals surface area contributed by atoms with E-state index in [-0.39, 0.29) is 23.8 Å². The van der Waals surface area contributed by atoms with Crippen molar-refractivity contribution in [1.29, 1.82) is 0 Å². The summed E-state index contributed by atoms with van der Waals surface area (Å²) in [6.45, 7) is 0.222. The number of carboxylic acid groups (broad SMARTS) is 1. The maximum absolute atomic E-state index is 12.0. The number of nitrogens with zero attached hydrogens (tertiary/aromatic N) is 2. The van der Waals surface area contributed by atoms with Crippen LogP contribution in [0.15, 0.2) is 53.7 Å². The van der Waals surface area contributed by atoms with Crippen LogP contribution < -0.4 is 10.4 Å². The zero-order chi connectivity index (χ0) is 19.2. The SMILES string of the molecule is O=C(CSc1n[nH]c(-c2ccccc2Cl)n1)NCc1cccc(C(=O)[O-])c1. The van der Waals surface area contributed by atoms with Crippen molar-refractivity contribution in [3.05, 3.63) is 64.7 Å². The van der Waals surface area contributed by atoms with Gasteiger partial charge in [0.2, 0.25) is 11.1 Å². The van der Waals surface area contributed by atoms with Crippen molar-refractivity contribution in [2.45, 2.75) is 11.7 Å². The van der Waals surface area contributed by atoms with Crippen LogP contribution in [0, 0.1) is 0 Å². The van der Waals surface area contributed by atoms with Crippen LogP contribution in [0.5, 0.6) is 0 Å². The molecule has 0 spiro atoms. The summed E-state index contributed by atoms with van der Waals surface area (Å²) in [5, 5.41) is 21.4. The fourth-order valence-corrected chi connectivity index (χ4v) is 3.13. The smallest absolute Gasteiger partial charge is 0.230 e. The van der Waals surface area contributed by atoms with E-state index >= 15 is 0 Å². The summed E-state index contributed by atoms with van der Waals surface area (Å²) in [5.41, 5.74) is 1.48. The van der Waals surface area contributed by atoms with Crippen LogP contribution in [0.25, 0.3) is 11.4 Å². The van der Waals surface area contributed by atoms with Crippen LogP contribution in [0.4, 0.5) is 0 Å². The molecule has 0 aliphatic rings. The lowest BCUT2D eigenvalue weighted by Gasteiger charge is -2.07. The maximum Gasteiger partial charge on any atom is 0.230 e. The van der Waals surface area contributed by atoms with Crippen molar-refractivity contribution in [2.75, 3.05) is 5.75 Å². The summed E-state index contributed by atoms with van der Waals surface area (Å²) in [5.74, 6) is -0.816. The van der Waals surface area contributed by atoms with E-state index in [0.717, 1.165) is 5.56 Å². The summed E-state index contributed by atoms with van der Waals surface area (Å²) >= 11 is 7.31. The van der Waals surface area contributed by atoms with E-state index in [0.29, 0.717) is 21.6 Å². The third-order valence-electron chi connectivity index (χ3n) is 3.58. The second-order valence-electron chi connectivity index (χ2n) is 5.50. The quantitative estimate of drug-likeness (QED) is 0.585. The number of amides is 1. The summed E-state index contributed by atoms with van der Waals surface area (Å²) in [4.78, 5) is 27.2. The fourth-order valence-electron chi connectivity index (χ4n) is 2.27. The Labute approximate surface area is 164 Å². The van der Waals surface area contributed by atoms with Gasteiger partial charge in [0.05, 0.1) is 16.7 Å². The van der Waals surface area contributed by atoms with Crippen molar-refractivity contribution < 1.29 is 14.7 Å². The molecular formula is C18H14ClN4O3S-. The standard InChI is InChI=1S/C18H15ClN4O3S/c19-14-7-2-1-6-13(14)16-21-18(23-22-16)27-10-15(24)20-9-11-4-3-5-12(8-11)17(25)26/h1-8H,9-10H2,(H,20,24)(H,25,26)(H,21,22,23)/p-1. The predicted octanol–water partition coefficient (Wildman–Crippen LogP) is 1.90. The van der Waals surface area contributed by atoms with Crippen molar-refractivity contribution in [2.24, 2.45) is 0 Å². The van der Waals surface area contributed by atoms with Gasteiger partial charge in [0, 0.05) is 12.1 Å². The van der Waals surface area contributed by atoms with Gasteiger partial charge in [-0.25, -0.2) is 4.98 Å². The van der Waals surface area contributed by atoms with Crippen molar-refractivity contribution in [1.82, 2.24) is 20.5 Å². The third-order valence-corrected chi connectivity index (χ3v) is 4.76. The number of carbonyl (C=O) groups excluding carboxylic acids is 2. The van der Waals surface area contributed by atoms with E-state index in [9.17, 15) is 14.7 Å². The average Bonchev–Trinajstić information content (AvgIpc) is 3.14. The molecule has 0 saturated carbocycles. The molecule has 2 aromatic carbocycles. The van der Waals surface area contributed by atoms with E-state index < -0.39 is 5.97 Å². The zero-order valence-electron chi connectivity index (χ0n) is 13.9. The highest BCUT2D eigenvalue weighted by molar-refractivity contribution is 7.99. The molecule has 0 atom stereocenters. The van der Waals surface area contributed by atoms with Gasteiger partial charge in [0.25, 0.3) is 0 Å². The minimum Gasteiger partial charge on any atom is -0.545 e. The number of aromatic carboxylic acids is 1. The predicted molar refractivity (Wildman–Crippen MR) is 100 cm³/mol. The number of carboxylic acids is 1. The Kier molecular flexibility index (Phi) is 6.10. The Morgan fingerprint density at radius 1 is 1.19 bits per heavy atom. The summed E-state index contributed by atoms with van der Waals surface area (Å²) < 4.78 is 0. The number of benzene rings is 2. The Balaban J connectivity index is 1.52. The third kappa shape index (κ3) is 5.08. The van der Waals surface area contributed by atoms with E-state index in [4.69, 9.17) is 11.6 Å². The molecular weight excluding hydrogens is 388 g/mol. The topological polar surface area (TPSA) is 111 Å². The van der Waals surface area contributed by atoms with Gasteiger partial charge < -0.3 is 15.2 Å². The van der Waals surface area contributed by atoms with Gasteiger partial charge in [-0.2, -0.15) is 0 Å².